The van der Waals surface area contributed by atoms with Gasteiger partial charge in [-0.3, -0.25) is 4.79 Å². The molecule has 0 spiro atoms. The number of carbonyl (C=O) groups is 1. The Morgan fingerprint density at radius 1 is 1.37 bits per heavy atom. The quantitative estimate of drug-likeness (QED) is 0.898. The van der Waals surface area contributed by atoms with Crippen LogP contribution < -0.4 is 9.47 Å². The second-order valence-corrected chi connectivity index (χ2v) is 5.88. The maximum Gasteiger partial charge on any atom is 0.309 e. The average Bonchev–Trinajstić information content (AvgIpc) is 2.33. The molecule has 0 heterocycles. The van der Waals surface area contributed by atoms with Crippen LogP contribution >= 0.6 is 15.9 Å². The van der Waals surface area contributed by atoms with Crippen molar-refractivity contribution < 1.29 is 19.4 Å². The lowest BCUT2D eigenvalue weighted by Crippen LogP contribution is -2.26. The summed E-state index contributed by atoms with van der Waals surface area (Å²) in [6.07, 6.45) is 0.412. The molecule has 106 valence electrons. The van der Waals surface area contributed by atoms with E-state index < -0.39 is 11.4 Å². The first-order chi connectivity index (χ1) is 8.74. The van der Waals surface area contributed by atoms with Gasteiger partial charge in [0.05, 0.1) is 24.1 Å². The summed E-state index contributed by atoms with van der Waals surface area (Å²) in [6, 6.07) is 1.86. The third-order valence-corrected chi connectivity index (χ3v) is 3.97. The first-order valence-electron chi connectivity index (χ1n) is 5.88. The van der Waals surface area contributed by atoms with Crippen LogP contribution in [0.1, 0.15) is 25.0 Å². The van der Waals surface area contributed by atoms with E-state index in [2.05, 4.69) is 15.9 Å². The van der Waals surface area contributed by atoms with Crippen LogP contribution in [0.15, 0.2) is 10.5 Å². The summed E-state index contributed by atoms with van der Waals surface area (Å²) >= 11 is 3.49. The summed E-state index contributed by atoms with van der Waals surface area (Å²) < 4.78 is 11.3. The van der Waals surface area contributed by atoms with Crippen molar-refractivity contribution in [2.24, 2.45) is 5.41 Å². The Hall–Kier alpha value is -1.23. The summed E-state index contributed by atoms with van der Waals surface area (Å²) in [4.78, 5) is 11.3. The zero-order chi connectivity index (χ0) is 14.8. The van der Waals surface area contributed by atoms with E-state index in [0.29, 0.717) is 17.9 Å². The minimum Gasteiger partial charge on any atom is -0.493 e. The maximum absolute atomic E-state index is 11.3. The van der Waals surface area contributed by atoms with E-state index in [-0.39, 0.29) is 0 Å². The third-order valence-electron chi connectivity index (χ3n) is 3.13. The number of rotatable bonds is 5. The summed E-state index contributed by atoms with van der Waals surface area (Å²) in [5.74, 6) is 0.390. The van der Waals surface area contributed by atoms with Crippen molar-refractivity contribution in [2.75, 3.05) is 14.2 Å². The molecule has 0 saturated heterocycles. The monoisotopic (exact) mass is 330 g/mol. The summed E-state index contributed by atoms with van der Waals surface area (Å²) in [5, 5.41) is 9.24. The van der Waals surface area contributed by atoms with Crippen LogP contribution in [0.3, 0.4) is 0 Å². The number of aliphatic carboxylic acids is 1. The van der Waals surface area contributed by atoms with E-state index >= 15 is 0 Å². The zero-order valence-electron chi connectivity index (χ0n) is 11.8. The highest BCUT2D eigenvalue weighted by Crippen LogP contribution is 2.41. The molecule has 0 atom stereocenters. The average molecular weight is 331 g/mol. The molecular formula is C14H19BrO4. The molecule has 1 aromatic carbocycles. The second-order valence-electron chi connectivity index (χ2n) is 5.09. The standard InChI is InChI=1S/C14H19BrO4/c1-8-6-10(18-4)12(19-5)11(15)9(8)7-14(2,3)13(16)17/h6H,7H2,1-5H3,(H,16,17). The van der Waals surface area contributed by atoms with E-state index in [0.717, 1.165) is 15.6 Å². The lowest BCUT2D eigenvalue weighted by molar-refractivity contribution is -0.146. The summed E-state index contributed by atoms with van der Waals surface area (Å²) in [7, 11) is 3.13. The topological polar surface area (TPSA) is 55.8 Å². The Labute approximate surface area is 121 Å². The van der Waals surface area contributed by atoms with Gasteiger partial charge in [0.1, 0.15) is 0 Å². The number of hydrogen-bond donors (Lipinski definition) is 1. The Kier molecular flexibility index (Phi) is 4.85. The smallest absolute Gasteiger partial charge is 0.309 e. The number of carboxylic acids is 1. The van der Waals surface area contributed by atoms with Gasteiger partial charge in [0.2, 0.25) is 0 Å². The van der Waals surface area contributed by atoms with Gasteiger partial charge in [-0.2, -0.15) is 0 Å². The van der Waals surface area contributed by atoms with Crippen molar-refractivity contribution in [1.29, 1.82) is 0 Å². The van der Waals surface area contributed by atoms with Gasteiger partial charge in [-0.25, -0.2) is 0 Å². The molecule has 5 heteroatoms. The van der Waals surface area contributed by atoms with Crippen molar-refractivity contribution in [3.05, 3.63) is 21.7 Å². The summed E-state index contributed by atoms with van der Waals surface area (Å²) in [5.41, 5.74) is 1.05. The molecule has 0 amide bonds. The molecule has 0 radical (unpaired) electrons. The predicted molar refractivity (Wildman–Crippen MR) is 77.1 cm³/mol. The normalized spacial score (nSPS) is 11.3. The Morgan fingerprint density at radius 3 is 2.37 bits per heavy atom. The molecule has 1 rings (SSSR count). The van der Waals surface area contributed by atoms with Crippen LogP contribution in [-0.4, -0.2) is 25.3 Å². The Morgan fingerprint density at radius 2 is 1.95 bits per heavy atom. The number of carboxylic acid groups (broad SMARTS) is 1. The van der Waals surface area contributed by atoms with Gasteiger partial charge in [-0.1, -0.05) is 0 Å². The molecule has 0 aliphatic heterocycles. The van der Waals surface area contributed by atoms with E-state index in [9.17, 15) is 9.90 Å². The fourth-order valence-electron chi connectivity index (χ4n) is 1.84. The largest absolute Gasteiger partial charge is 0.493 e. The molecular weight excluding hydrogens is 312 g/mol. The Bertz CT molecular complexity index is 495. The molecule has 1 aromatic rings. The first-order valence-corrected chi connectivity index (χ1v) is 6.67. The molecule has 0 fully saturated rings. The molecule has 0 aliphatic carbocycles. The second kappa shape index (κ2) is 5.82. The summed E-state index contributed by atoms with van der Waals surface area (Å²) in [6.45, 7) is 5.34. The molecule has 1 N–H and O–H groups in total. The van der Waals surface area contributed by atoms with E-state index in [4.69, 9.17) is 9.47 Å². The van der Waals surface area contributed by atoms with Crippen LogP contribution in [0.5, 0.6) is 11.5 Å². The molecule has 0 aromatic heterocycles. The lowest BCUT2D eigenvalue weighted by Gasteiger charge is -2.23. The van der Waals surface area contributed by atoms with Gasteiger partial charge >= 0.3 is 5.97 Å². The van der Waals surface area contributed by atoms with Crippen molar-refractivity contribution in [1.82, 2.24) is 0 Å². The fraction of sp³-hybridized carbons (Fsp3) is 0.500. The predicted octanol–water partition coefficient (Wildman–Crippen LogP) is 3.43. The van der Waals surface area contributed by atoms with E-state index in [1.807, 2.05) is 13.0 Å². The minimum absolute atomic E-state index is 0.412. The fourth-order valence-corrected chi connectivity index (χ4v) is 2.65. The van der Waals surface area contributed by atoms with Crippen molar-refractivity contribution in [3.8, 4) is 11.5 Å². The number of halogens is 1. The SMILES string of the molecule is COc1cc(C)c(CC(C)(C)C(=O)O)c(Br)c1OC. The van der Waals surface area contributed by atoms with Crippen molar-refractivity contribution >= 4 is 21.9 Å². The van der Waals surface area contributed by atoms with Gasteiger partial charge in [-0.15, -0.1) is 0 Å². The zero-order valence-corrected chi connectivity index (χ0v) is 13.4. The first kappa shape index (κ1) is 15.8. The van der Waals surface area contributed by atoms with E-state index in [1.165, 1.54) is 0 Å². The van der Waals surface area contributed by atoms with Crippen LogP contribution in [0.4, 0.5) is 0 Å². The Balaban J connectivity index is 3.33. The van der Waals surface area contributed by atoms with Gasteiger partial charge in [0.25, 0.3) is 0 Å². The van der Waals surface area contributed by atoms with Crippen molar-refractivity contribution in [3.63, 3.8) is 0 Å². The van der Waals surface area contributed by atoms with Gasteiger partial charge in [0.15, 0.2) is 11.5 Å². The highest BCUT2D eigenvalue weighted by Gasteiger charge is 2.30. The van der Waals surface area contributed by atoms with Crippen LogP contribution in [0.2, 0.25) is 0 Å². The van der Waals surface area contributed by atoms with Gasteiger partial charge < -0.3 is 14.6 Å². The molecule has 0 aliphatic rings. The van der Waals surface area contributed by atoms with Crippen LogP contribution in [0.25, 0.3) is 0 Å². The number of ether oxygens (including phenoxy) is 2. The molecule has 0 bridgehead atoms. The lowest BCUT2D eigenvalue weighted by atomic mass is 9.84. The minimum atomic E-state index is -0.840. The van der Waals surface area contributed by atoms with Crippen LogP contribution in [-0.2, 0) is 11.2 Å². The number of hydrogen-bond acceptors (Lipinski definition) is 3. The molecule has 0 saturated carbocycles. The van der Waals surface area contributed by atoms with Gasteiger partial charge in [0, 0.05) is 0 Å². The number of aryl methyl sites for hydroxylation is 1. The molecule has 4 nitrogen and oxygen atoms in total. The molecule has 0 unspecified atom stereocenters. The third kappa shape index (κ3) is 3.21. The maximum atomic E-state index is 11.3. The van der Waals surface area contributed by atoms with Gasteiger partial charge in [-0.05, 0) is 60.3 Å². The van der Waals surface area contributed by atoms with Crippen LogP contribution in [0, 0.1) is 12.3 Å². The number of benzene rings is 1. The van der Waals surface area contributed by atoms with E-state index in [1.54, 1.807) is 28.1 Å². The van der Waals surface area contributed by atoms with Crippen molar-refractivity contribution in [2.45, 2.75) is 27.2 Å². The highest BCUT2D eigenvalue weighted by atomic mass is 79.9. The number of methoxy groups -OCH3 is 2. The highest BCUT2D eigenvalue weighted by molar-refractivity contribution is 9.10. The molecule has 19 heavy (non-hydrogen) atoms.